The van der Waals surface area contributed by atoms with Gasteiger partial charge in [-0.25, -0.2) is 0 Å². The van der Waals surface area contributed by atoms with Gasteiger partial charge in [0.2, 0.25) is 11.8 Å². The van der Waals surface area contributed by atoms with Crippen LogP contribution in [0.25, 0.3) is 0 Å². The molecule has 0 radical (unpaired) electrons. The fourth-order valence-electron chi connectivity index (χ4n) is 3.73. The van der Waals surface area contributed by atoms with Gasteiger partial charge in [0.25, 0.3) is 0 Å². The van der Waals surface area contributed by atoms with Crippen LogP contribution in [0.1, 0.15) is 29.2 Å². The van der Waals surface area contributed by atoms with Crippen molar-refractivity contribution in [3.05, 3.63) is 64.7 Å². The molecule has 0 aromatic heterocycles. The molecular formula is C24H31N3O2. The van der Waals surface area contributed by atoms with E-state index >= 15 is 0 Å². The average Bonchev–Trinajstić information content (AvgIpc) is 2.71. The Bertz CT molecular complexity index is 868. The third-order valence-corrected chi connectivity index (χ3v) is 5.81. The normalized spacial score (nSPS) is 14.1. The fraction of sp³-hybridized carbons (Fsp3) is 0.417. The van der Waals surface area contributed by atoms with Gasteiger partial charge in [-0.2, -0.15) is 0 Å². The monoisotopic (exact) mass is 393 g/mol. The van der Waals surface area contributed by atoms with Crippen molar-refractivity contribution in [1.29, 1.82) is 0 Å². The highest BCUT2D eigenvalue weighted by Crippen LogP contribution is 2.24. The third-order valence-electron chi connectivity index (χ3n) is 5.81. The van der Waals surface area contributed by atoms with E-state index in [0.29, 0.717) is 19.6 Å². The molecule has 0 atom stereocenters. The maximum Gasteiger partial charge on any atom is 0.242 e. The molecule has 3 rings (SSSR count). The lowest BCUT2D eigenvalue weighted by Crippen LogP contribution is -2.51. The van der Waals surface area contributed by atoms with E-state index in [0.717, 1.165) is 18.7 Å². The van der Waals surface area contributed by atoms with Crippen LogP contribution < -0.4 is 4.90 Å². The molecule has 5 nitrogen and oxygen atoms in total. The first-order chi connectivity index (χ1) is 13.8. The molecule has 2 amide bonds. The second-order valence-electron chi connectivity index (χ2n) is 7.95. The van der Waals surface area contributed by atoms with Gasteiger partial charge in [0.05, 0.1) is 0 Å². The molecule has 154 valence electrons. The van der Waals surface area contributed by atoms with Crippen LogP contribution >= 0.6 is 0 Å². The summed E-state index contributed by atoms with van der Waals surface area (Å²) in [7, 11) is 0. The minimum absolute atomic E-state index is 0.0212. The lowest BCUT2D eigenvalue weighted by Gasteiger charge is -2.37. The predicted molar refractivity (Wildman–Crippen MR) is 117 cm³/mol. The summed E-state index contributed by atoms with van der Waals surface area (Å²) < 4.78 is 0. The highest BCUT2D eigenvalue weighted by atomic mass is 16.2. The highest BCUT2D eigenvalue weighted by molar-refractivity contribution is 5.84. The number of hydrogen-bond donors (Lipinski definition) is 0. The number of carbonyl (C=O) groups is 2. The van der Waals surface area contributed by atoms with Gasteiger partial charge in [0.1, 0.15) is 6.54 Å². The first-order valence-corrected chi connectivity index (χ1v) is 10.2. The molecule has 2 aromatic rings. The van der Waals surface area contributed by atoms with E-state index in [9.17, 15) is 9.59 Å². The number of rotatable bonds is 5. The van der Waals surface area contributed by atoms with E-state index < -0.39 is 0 Å². The van der Waals surface area contributed by atoms with E-state index in [-0.39, 0.29) is 18.4 Å². The molecule has 2 aromatic carbocycles. The molecular weight excluding hydrogens is 362 g/mol. The van der Waals surface area contributed by atoms with Crippen molar-refractivity contribution >= 4 is 17.5 Å². The molecule has 0 bridgehead atoms. The zero-order valence-electron chi connectivity index (χ0n) is 17.9. The summed E-state index contributed by atoms with van der Waals surface area (Å²) >= 11 is 0. The summed E-state index contributed by atoms with van der Waals surface area (Å²) in [6.45, 7) is 11.4. The van der Waals surface area contributed by atoms with Crippen LogP contribution in [-0.2, 0) is 16.1 Å². The second-order valence-corrected chi connectivity index (χ2v) is 7.95. The molecule has 0 saturated carbocycles. The zero-order valence-corrected chi connectivity index (χ0v) is 17.9. The lowest BCUT2D eigenvalue weighted by molar-refractivity contribution is -0.140. The topological polar surface area (TPSA) is 43.9 Å². The third kappa shape index (κ3) is 5.17. The van der Waals surface area contributed by atoms with Crippen LogP contribution in [-0.4, -0.2) is 54.3 Å². The number of carbonyl (C=O) groups excluding carboxylic acids is 2. The van der Waals surface area contributed by atoms with Crippen molar-refractivity contribution in [1.82, 2.24) is 9.80 Å². The Balaban J connectivity index is 1.58. The summed E-state index contributed by atoms with van der Waals surface area (Å²) in [6, 6.07) is 14.5. The largest absolute Gasteiger partial charge is 0.368 e. The number of nitrogens with zero attached hydrogens (tertiary/aromatic N) is 3. The van der Waals surface area contributed by atoms with Crippen LogP contribution in [0.4, 0.5) is 5.69 Å². The number of piperazine rings is 1. The Morgan fingerprint density at radius 3 is 2.21 bits per heavy atom. The molecule has 29 heavy (non-hydrogen) atoms. The van der Waals surface area contributed by atoms with Gasteiger partial charge >= 0.3 is 0 Å². The quantitative estimate of drug-likeness (QED) is 0.783. The zero-order chi connectivity index (χ0) is 21.0. The Kier molecular flexibility index (Phi) is 6.57. The van der Waals surface area contributed by atoms with E-state index in [1.807, 2.05) is 36.1 Å². The van der Waals surface area contributed by atoms with E-state index in [1.54, 1.807) is 4.90 Å². The molecule has 1 heterocycles. The summed E-state index contributed by atoms with van der Waals surface area (Å²) in [4.78, 5) is 30.8. The van der Waals surface area contributed by atoms with Crippen LogP contribution in [0.2, 0.25) is 0 Å². The molecule has 1 aliphatic rings. The first kappa shape index (κ1) is 20.9. The van der Waals surface area contributed by atoms with Gasteiger partial charge in [-0.3, -0.25) is 9.59 Å². The minimum atomic E-state index is -0.0760. The van der Waals surface area contributed by atoms with E-state index in [1.165, 1.54) is 29.3 Å². The summed E-state index contributed by atoms with van der Waals surface area (Å²) in [5.41, 5.74) is 6.06. The van der Waals surface area contributed by atoms with Crippen molar-refractivity contribution in [2.45, 2.75) is 34.2 Å². The Morgan fingerprint density at radius 1 is 0.931 bits per heavy atom. The predicted octanol–water partition coefficient (Wildman–Crippen LogP) is 3.31. The average molecular weight is 394 g/mol. The van der Waals surface area contributed by atoms with Crippen LogP contribution in [0.3, 0.4) is 0 Å². The summed E-state index contributed by atoms with van der Waals surface area (Å²) in [6.07, 6.45) is 0. The molecule has 1 saturated heterocycles. The van der Waals surface area contributed by atoms with Crippen molar-refractivity contribution in [2.24, 2.45) is 0 Å². The van der Waals surface area contributed by atoms with Gasteiger partial charge < -0.3 is 14.7 Å². The number of benzene rings is 2. The second kappa shape index (κ2) is 9.12. The smallest absolute Gasteiger partial charge is 0.242 e. The van der Waals surface area contributed by atoms with Crippen molar-refractivity contribution < 1.29 is 9.59 Å². The molecule has 1 fully saturated rings. The van der Waals surface area contributed by atoms with Gasteiger partial charge in [-0.1, -0.05) is 42.0 Å². The van der Waals surface area contributed by atoms with Crippen molar-refractivity contribution in [3.63, 3.8) is 0 Å². The highest BCUT2D eigenvalue weighted by Gasteiger charge is 2.24. The maximum atomic E-state index is 12.8. The SMILES string of the molecule is CC(=O)N(CC(=O)N1CCN(c2cccc(C)c2C)CC1)Cc1ccc(C)cc1. The number of amides is 2. The molecule has 0 aliphatic carbocycles. The van der Waals surface area contributed by atoms with Crippen LogP contribution in [0.15, 0.2) is 42.5 Å². The van der Waals surface area contributed by atoms with Gasteiger partial charge in [-0.05, 0) is 43.5 Å². The van der Waals surface area contributed by atoms with Gasteiger partial charge in [-0.15, -0.1) is 0 Å². The summed E-state index contributed by atoms with van der Waals surface area (Å²) in [5.74, 6) is -0.0547. The molecule has 0 unspecified atom stereocenters. The van der Waals surface area contributed by atoms with E-state index in [4.69, 9.17) is 0 Å². The van der Waals surface area contributed by atoms with Crippen molar-refractivity contribution in [2.75, 3.05) is 37.6 Å². The maximum absolute atomic E-state index is 12.8. The Morgan fingerprint density at radius 2 is 1.59 bits per heavy atom. The lowest BCUT2D eigenvalue weighted by atomic mass is 10.1. The number of anilines is 1. The standard InChI is InChI=1S/C24H31N3O2/c1-18-8-10-22(11-9-18)16-27(21(4)28)17-24(29)26-14-12-25(13-15-26)23-7-5-6-19(2)20(23)3/h5-11H,12-17H2,1-4H3. The van der Waals surface area contributed by atoms with Crippen LogP contribution in [0, 0.1) is 20.8 Å². The molecule has 0 spiro atoms. The summed E-state index contributed by atoms with van der Waals surface area (Å²) in [5, 5.41) is 0. The van der Waals surface area contributed by atoms with E-state index in [2.05, 4.69) is 36.9 Å². The van der Waals surface area contributed by atoms with Gasteiger partial charge in [0.15, 0.2) is 0 Å². The number of hydrogen-bond acceptors (Lipinski definition) is 3. The van der Waals surface area contributed by atoms with Crippen molar-refractivity contribution in [3.8, 4) is 0 Å². The Hall–Kier alpha value is -2.82. The first-order valence-electron chi connectivity index (χ1n) is 10.2. The number of aryl methyl sites for hydroxylation is 2. The Labute approximate surface area is 173 Å². The fourth-order valence-corrected chi connectivity index (χ4v) is 3.73. The van der Waals surface area contributed by atoms with Crippen LogP contribution in [0.5, 0.6) is 0 Å². The minimum Gasteiger partial charge on any atom is -0.368 e. The molecule has 0 N–H and O–H groups in total. The van der Waals surface area contributed by atoms with Gasteiger partial charge in [0, 0.05) is 45.3 Å². The molecule has 1 aliphatic heterocycles. The molecule has 5 heteroatoms.